The van der Waals surface area contributed by atoms with E-state index in [1.54, 1.807) is 0 Å². The molecule has 0 unspecified atom stereocenters. The number of hydrogen-bond donors (Lipinski definition) is 2. The van der Waals surface area contributed by atoms with E-state index in [-0.39, 0.29) is 17.9 Å². The minimum atomic E-state index is -0.0916. The number of benzene rings is 1. The number of nitrogens with zero attached hydrogens (tertiary/aromatic N) is 1. The maximum absolute atomic E-state index is 12.1. The first kappa shape index (κ1) is 17.5. The van der Waals surface area contributed by atoms with E-state index in [0.717, 1.165) is 18.7 Å². The Labute approximate surface area is 128 Å². The van der Waals surface area contributed by atoms with E-state index in [9.17, 15) is 4.79 Å². The Bertz CT molecular complexity index is 441. The molecule has 0 fully saturated rings. The van der Waals surface area contributed by atoms with Gasteiger partial charge in [0.05, 0.1) is 0 Å². The molecular weight excluding hydrogens is 264 g/mol. The zero-order chi connectivity index (χ0) is 15.9. The Hall–Kier alpha value is -1.55. The van der Waals surface area contributed by atoms with Crippen LogP contribution in [0.5, 0.6) is 0 Å². The lowest BCUT2D eigenvalue weighted by atomic mass is 9.89. The van der Waals surface area contributed by atoms with Crippen LogP contribution in [0.2, 0.25) is 0 Å². The molecule has 0 atom stereocenters. The highest BCUT2D eigenvalue weighted by Crippen LogP contribution is 2.19. The van der Waals surface area contributed by atoms with Crippen LogP contribution in [0.25, 0.3) is 0 Å². The maximum Gasteiger partial charge on any atom is 0.251 e. The van der Waals surface area contributed by atoms with Gasteiger partial charge in [-0.3, -0.25) is 4.79 Å². The first-order valence-corrected chi connectivity index (χ1v) is 7.60. The third-order valence-electron chi connectivity index (χ3n) is 3.65. The van der Waals surface area contributed by atoms with E-state index >= 15 is 0 Å². The van der Waals surface area contributed by atoms with Crippen LogP contribution in [-0.4, -0.2) is 37.8 Å². The Balaban J connectivity index is 2.59. The first-order valence-electron chi connectivity index (χ1n) is 7.60. The normalized spacial score (nSPS) is 11.3. The second-order valence-electron chi connectivity index (χ2n) is 6.29. The molecule has 1 aromatic rings. The van der Waals surface area contributed by atoms with Crippen molar-refractivity contribution in [3.63, 3.8) is 0 Å². The lowest BCUT2D eigenvalue weighted by molar-refractivity contribution is 0.0928. The van der Waals surface area contributed by atoms with Crippen molar-refractivity contribution in [2.24, 2.45) is 5.41 Å². The summed E-state index contributed by atoms with van der Waals surface area (Å²) in [6, 6.07) is 7.67. The zero-order valence-electron chi connectivity index (χ0n) is 13.6. The van der Waals surface area contributed by atoms with Gasteiger partial charge in [0, 0.05) is 38.0 Å². The van der Waals surface area contributed by atoms with Crippen LogP contribution >= 0.6 is 0 Å². The molecule has 4 heteroatoms. The summed E-state index contributed by atoms with van der Waals surface area (Å²) in [7, 11) is 2.05. The Morgan fingerprint density at radius 3 is 2.43 bits per heavy atom. The lowest BCUT2D eigenvalue weighted by Crippen LogP contribution is -2.34. The fourth-order valence-electron chi connectivity index (χ4n) is 2.14. The number of rotatable bonds is 8. The van der Waals surface area contributed by atoms with Crippen molar-refractivity contribution >= 4 is 11.6 Å². The van der Waals surface area contributed by atoms with Crippen molar-refractivity contribution < 1.29 is 9.90 Å². The molecule has 118 valence electrons. The lowest BCUT2D eigenvalue weighted by Gasteiger charge is -2.24. The molecule has 0 aliphatic rings. The molecule has 0 aliphatic heterocycles. The molecule has 0 aliphatic carbocycles. The van der Waals surface area contributed by atoms with Gasteiger partial charge in [0.1, 0.15) is 0 Å². The largest absolute Gasteiger partial charge is 0.396 e. The number of anilines is 1. The summed E-state index contributed by atoms with van der Waals surface area (Å²) < 4.78 is 0. The molecular formula is C17H28N2O2. The first-order chi connectivity index (χ1) is 9.89. The van der Waals surface area contributed by atoms with Gasteiger partial charge in [0.25, 0.3) is 5.91 Å². The third-order valence-corrected chi connectivity index (χ3v) is 3.65. The van der Waals surface area contributed by atoms with Crippen LogP contribution in [0.4, 0.5) is 5.69 Å². The molecule has 0 heterocycles. The monoisotopic (exact) mass is 292 g/mol. The van der Waals surface area contributed by atoms with Crippen LogP contribution in [0.15, 0.2) is 24.3 Å². The average molecular weight is 292 g/mol. The third kappa shape index (κ3) is 5.76. The number of hydrogen-bond acceptors (Lipinski definition) is 3. The van der Waals surface area contributed by atoms with E-state index in [0.29, 0.717) is 18.5 Å². The van der Waals surface area contributed by atoms with Gasteiger partial charge in [0.15, 0.2) is 0 Å². The van der Waals surface area contributed by atoms with Gasteiger partial charge in [-0.05, 0) is 42.5 Å². The summed E-state index contributed by atoms with van der Waals surface area (Å²) in [5.74, 6) is -0.0642. The summed E-state index contributed by atoms with van der Waals surface area (Å²) in [5.41, 5.74) is 1.70. The highest BCUT2D eigenvalue weighted by molar-refractivity contribution is 5.94. The highest BCUT2D eigenvalue weighted by Gasteiger charge is 2.18. The van der Waals surface area contributed by atoms with E-state index in [4.69, 9.17) is 5.11 Å². The minimum Gasteiger partial charge on any atom is -0.396 e. The van der Waals surface area contributed by atoms with Gasteiger partial charge < -0.3 is 15.3 Å². The van der Waals surface area contributed by atoms with Gasteiger partial charge >= 0.3 is 0 Å². The quantitative estimate of drug-likeness (QED) is 0.774. The topological polar surface area (TPSA) is 52.6 Å². The molecule has 1 rings (SSSR count). The van der Waals surface area contributed by atoms with Crippen molar-refractivity contribution in [3.8, 4) is 0 Å². The molecule has 0 saturated carbocycles. The Morgan fingerprint density at radius 1 is 1.29 bits per heavy atom. The van der Waals surface area contributed by atoms with Gasteiger partial charge in [-0.1, -0.05) is 20.8 Å². The molecule has 0 bridgehead atoms. The number of carbonyl (C=O) groups excluding carboxylic acids is 1. The smallest absolute Gasteiger partial charge is 0.251 e. The van der Waals surface area contributed by atoms with E-state index in [1.165, 1.54) is 0 Å². The predicted octanol–water partition coefficient (Wildman–Crippen LogP) is 2.67. The van der Waals surface area contributed by atoms with Crippen LogP contribution in [0.1, 0.15) is 44.0 Å². The maximum atomic E-state index is 12.1. The standard InChI is InChI=1S/C17H28N2O2/c1-5-11-19(4)15-8-6-14(7-9-15)16(21)18-13-17(2,3)10-12-20/h6-9,20H,5,10-13H2,1-4H3,(H,18,21). The summed E-state index contributed by atoms with van der Waals surface area (Å²) in [6.45, 7) is 7.91. The molecule has 1 aromatic carbocycles. The molecule has 0 spiro atoms. The number of amides is 1. The molecule has 0 radical (unpaired) electrons. The minimum absolute atomic E-state index is 0.0642. The van der Waals surface area contributed by atoms with Gasteiger partial charge in [-0.15, -0.1) is 0 Å². The van der Waals surface area contributed by atoms with Gasteiger partial charge in [-0.25, -0.2) is 0 Å². The van der Waals surface area contributed by atoms with Crippen molar-refractivity contribution in [2.45, 2.75) is 33.6 Å². The average Bonchev–Trinajstić information content (AvgIpc) is 2.45. The summed E-state index contributed by atoms with van der Waals surface area (Å²) in [4.78, 5) is 14.3. The molecule has 0 aromatic heterocycles. The second kappa shape index (κ2) is 8.03. The molecule has 4 nitrogen and oxygen atoms in total. The van der Waals surface area contributed by atoms with Crippen molar-refractivity contribution in [2.75, 3.05) is 31.6 Å². The van der Waals surface area contributed by atoms with E-state index < -0.39 is 0 Å². The number of aliphatic hydroxyl groups excluding tert-OH is 1. The molecule has 0 saturated heterocycles. The van der Waals surface area contributed by atoms with Crippen LogP contribution < -0.4 is 10.2 Å². The summed E-state index contributed by atoms with van der Waals surface area (Å²) in [6.07, 6.45) is 1.77. The number of aliphatic hydroxyl groups is 1. The number of nitrogens with one attached hydrogen (secondary N) is 1. The number of carbonyl (C=O) groups is 1. The summed E-state index contributed by atoms with van der Waals surface area (Å²) >= 11 is 0. The Kier molecular flexibility index (Phi) is 6.69. The Morgan fingerprint density at radius 2 is 1.90 bits per heavy atom. The fraction of sp³-hybridized carbons (Fsp3) is 0.588. The van der Waals surface area contributed by atoms with Crippen molar-refractivity contribution in [1.29, 1.82) is 0 Å². The van der Waals surface area contributed by atoms with E-state index in [2.05, 4.69) is 24.2 Å². The fourth-order valence-corrected chi connectivity index (χ4v) is 2.14. The SMILES string of the molecule is CCCN(C)c1ccc(C(=O)NCC(C)(C)CCO)cc1. The summed E-state index contributed by atoms with van der Waals surface area (Å²) in [5, 5.41) is 11.9. The van der Waals surface area contributed by atoms with Gasteiger partial charge in [-0.2, -0.15) is 0 Å². The molecule has 2 N–H and O–H groups in total. The van der Waals surface area contributed by atoms with Crippen molar-refractivity contribution in [3.05, 3.63) is 29.8 Å². The van der Waals surface area contributed by atoms with Crippen LogP contribution in [-0.2, 0) is 0 Å². The van der Waals surface area contributed by atoms with Crippen LogP contribution in [0.3, 0.4) is 0 Å². The van der Waals surface area contributed by atoms with Gasteiger partial charge in [0.2, 0.25) is 0 Å². The highest BCUT2D eigenvalue weighted by atomic mass is 16.3. The van der Waals surface area contributed by atoms with Crippen molar-refractivity contribution in [1.82, 2.24) is 5.32 Å². The second-order valence-corrected chi connectivity index (χ2v) is 6.29. The van der Waals surface area contributed by atoms with Crippen LogP contribution in [0, 0.1) is 5.41 Å². The predicted molar refractivity (Wildman–Crippen MR) is 87.8 cm³/mol. The molecule has 1 amide bonds. The molecule has 21 heavy (non-hydrogen) atoms. The van der Waals surface area contributed by atoms with E-state index in [1.807, 2.05) is 38.1 Å². The zero-order valence-corrected chi connectivity index (χ0v) is 13.6.